The van der Waals surface area contributed by atoms with Crippen LogP contribution in [-0.2, 0) is 4.79 Å². The lowest BCUT2D eigenvalue weighted by atomic mass is 10.1. The Morgan fingerprint density at radius 1 is 0.939 bits per heavy atom. The first kappa shape index (κ1) is 24.4. The zero-order valence-electron chi connectivity index (χ0n) is 18.2. The molecule has 0 radical (unpaired) electrons. The maximum absolute atomic E-state index is 13.2. The van der Waals surface area contributed by atoms with Gasteiger partial charge in [0.1, 0.15) is 5.70 Å². The highest BCUT2D eigenvalue weighted by atomic mass is 79.9. The Morgan fingerprint density at radius 2 is 1.64 bits per heavy atom. The van der Waals surface area contributed by atoms with E-state index in [-0.39, 0.29) is 5.70 Å². The number of nitrogens with one attached hydrogen (secondary N) is 2. The molecule has 6 nitrogen and oxygen atoms in total. The number of anilines is 1. The summed E-state index contributed by atoms with van der Waals surface area (Å²) in [6.07, 6.45) is 1.56. The predicted octanol–water partition coefficient (Wildman–Crippen LogP) is 5.84. The zero-order valence-corrected chi connectivity index (χ0v) is 20.6. The van der Waals surface area contributed by atoms with E-state index in [1.54, 1.807) is 54.6 Å². The van der Waals surface area contributed by atoms with E-state index in [4.69, 9.17) is 21.1 Å². The van der Waals surface area contributed by atoms with Gasteiger partial charge >= 0.3 is 0 Å². The summed E-state index contributed by atoms with van der Waals surface area (Å²) in [4.78, 5) is 26.0. The molecule has 0 unspecified atom stereocenters. The van der Waals surface area contributed by atoms with Crippen LogP contribution in [0.15, 0.2) is 70.8 Å². The van der Waals surface area contributed by atoms with Gasteiger partial charge < -0.3 is 20.1 Å². The molecule has 0 aliphatic carbocycles. The van der Waals surface area contributed by atoms with E-state index >= 15 is 0 Å². The fourth-order valence-corrected chi connectivity index (χ4v) is 3.69. The molecule has 0 heterocycles. The second-order valence-corrected chi connectivity index (χ2v) is 8.36. The SMILES string of the molecule is COc1ccc(/C=C(/NC(=O)c2ccc(Cl)cc2)C(=O)Nc2ccc(C)cc2Br)cc1OC. The van der Waals surface area contributed by atoms with Gasteiger partial charge in [-0.2, -0.15) is 0 Å². The first-order valence-electron chi connectivity index (χ1n) is 9.89. The highest BCUT2D eigenvalue weighted by Crippen LogP contribution is 2.29. The summed E-state index contributed by atoms with van der Waals surface area (Å²) in [5.74, 6) is 0.110. The van der Waals surface area contributed by atoms with Crippen LogP contribution in [-0.4, -0.2) is 26.0 Å². The molecule has 0 spiro atoms. The predicted molar refractivity (Wildman–Crippen MR) is 134 cm³/mol. The van der Waals surface area contributed by atoms with Gasteiger partial charge in [-0.3, -0.25) is 9.59 Å². The Bertz CT molecular complexity index is 1210. The standard InChI is InChI=1S/C25H22BrClN2O4/c1-15-4-10-20(19(26)12-15)28-25(31)21(29-24(30)17-6-8-18(27)9-7-17)13-16-5-11-22(32-2)23(14-16)33-3/h4-14H,1-3H3,(H,28,31)(H,29,30)/b21-13+. The fraction of sp³-hybridized carbons (Fsp3) is 0.120. The Labute approximate surface area is 205 Å². The fourth-order valence-electron chi connectivity index (χ4n) is 2.97. The summed E-state index contributed by atoms with van der Waals surface area (Å²) in [6, 6.07) is 17.1. The van der Waals surface area contributed by atoms with Crippen molar-refractivity contribution in [1.29, 1.82) is 0 Å². The number of hydrogen-bond acceptors (Lipinski definition) is 4. The summed E-state index contributed by atoms with van der Waals surface area (Å²) >= 11 is 9.37. The molecule has 2 N–H and O–H groups in total. The van der Waals surface area contributed by atoms with Crippen LogP contribution in [0, 0.1) is 6.92 Å². The number of amides is 2. The molecule has 0 aromatic heterocycles. The van der Waals surface area contributed by atoms with Crippen molar-refractivity contribution in [1.82, 2.24) is 5.32 Å². The Kier molecular flexibility index (Phi) is 8.14. The first-order valence-corrected chi connectivity index (χ1v) is 11.1. The molecule has 0 saturated carbocycles. The normalized spacial score (nSPS) is 11.0. The molecule has 2 amide bonds. The van der Waals surface area contributed by atoms with Crippen LogP contribution in [0.4, 0.5) is 5.69 Å². The molecule has 3 aromatic rings. The highest BCUT2D eigenvalue weighted by Gasteiger charge is 2.17. The zero-order chi connectivity index (χ0) is 24.0. The van der Waals surface area contributed by atoms with Crippen LogP contribution in [0.1, 0.15) is 21.5 Å². The number of benzene rings is 3. The van der Waals surface area contributed by atoms with Crippen molar-refractivity contribution >= 4 is 51.1 Å². The maximum Gasteiger partial charge on any atom is 0.272 e. The molecule has 0 bridgehead atoms. The van der Waals surface area contributed by atoms with E-state index in [2.05, 4.69) is 26.6 Å². The van der Waals surface area contributed by atoms with Gasteiger partial charge in [0, 0.05) is 15.1 Å². The average molecular weight is 530 g/mol. The number of halogens is 2. The van der Waals surface area contributed by atoms with Crippen LogP contribution in [0.25, 0.3) is 6.08 Å². The molecule has 0 fully saturated rings. The van der Waals surface area contributed by atoms with Crippen molar-refractivity contribution < 1.29 is 19.1 Å². The minimum Gasteiger partial charge on any atom is -0.493 e. The minimum atomic E-state index is -0.489. The summed E-state index contributed by atoms with van der Waals surface area (Å²) in [7, 11) is 3.06. The Hall–Kier alpha value is -3.29. The molecule has 0 saturated heterocycles. The van der Waals surface area contributed by atoms with Crippen molar-refractivity contribution in [2.75, 3.05) is 19.5 Å². The lowest BCUT2D eigenvalue weighted by Gasteiger charge is -2.13. The quantitative estimate of drug-likeness (QED) is 0.377. The third-order valence-corrected chi connectivity index (χ3v) is 5.60. The van der Waals surface area contributed by atoms with Crippen molar-refractivity contribution in [3.05, 3.63) is 92.5 Å². The van der Waals surface area contributed by atoms with Crippen LogP contribution in [0.5, 0.6) is 11.5 Å². The molecule has 0 aliphatic heterocycles. The Balaban J connectivity index is 1.96. The summed E-state index contributed by atoms with van der Waals surface area (Å²) in [6.45, 7) is 1.95. The lowest BCUT2D eigenvalue weighted by Crippen LogP contribution is -2.30. The number of methoxy groups -OCH3 is 2. The second kappa shape index (κ2) is 11.0. The molecule has 33 heavy (non-hydrogen) atoms. The summed E-state index contributed by atoms with van der Waals surface area (Å²) < 4.78 is 11.3. The van der Waals surface area contributed by atoms with Crippen LogP contribution in [0.2, 0.25) is 5.02 Å². The van der Waals surface area contributed by atoms with E-state index in [0.717, 1.165) is 10.0 Å². The number of aryl methyl sites for hydroxylation is 1. The van der Waals surface area contributed by atoms with E-state index in [1.807, 2.05) is 19.1 Å². The van der Waals surface area contributed by atoms with Gasteiger partial charge in [0.15, 0.2) is 11.5 Å². The number of ether oxygens (including phenoxy) is 2. The first-order chi connectivity index (χ1) is 15.8. The molecule has 170 valence electrons. The van der Waals surface area contributed by atoms with Crippen LogP contribution in [0.3, 0.4) is 0 Å². The molecule has 3 rings (SSSR count). The van der Waals surface area contributed by atoms with Gasteiger partial charge in [0.2, 0.25) is 0 Å². The van der Waals surface area contributed by atoms with Gasteiger partial charge in [-0.15, -0.1) is 0 Å². The molecular formula is C25H22BrClN2O4. The topological polar surface area (TPSA) is 76.7 Å². The highest BCUT2D eigenvalue weighted by molar-refractivity contribution is 9.10. The smallest absolute Gasteiger partial charge is 0.272 e. The van der Waals surface area contributed by atoms with Gasteiger partial charge in [-0.25, -0.2) is 0 Å². The number of carbonyl (C=O) groups excluding carboxylic acids is 2. The monoisotopic (exact) mass is 528 g/mol. The lowest BCUT2D eigenvalue weighted by molar-refractivity contribution is -0.113. The third kappa shape index (κ3) is 6.37. The molecule has 8 heteroatoms. The molecule has 3 aromatic carbocycles. The molecule has 0 aliphatic rings. The van der Waals surface area contributed by atoms with Crippen LogP contribution < -0.4 is 20.1 Å². The van der Waals surface area contributed by atoms with Crippen LogP contribution >= 0.6 is 27.5 Å². The van der Waals surface area contributed by atoms with E-state index in [9.17, 15) is 9.59 Å². The average Bonchev–Trinajstić information content (AvgIpc) is 2.80. The van der Waals surface area contributed by atoms with E-state index in [0.29, 0.717) is 33.3 Å². The maximum atomic E-state index is 13.2. The Morgan fingerprint density at radius 3 is 2.27 bits per heavy atom. The van der Waals surface area contributed by atoms with Crippen molar-refractivity contribution in [2.45, 2.75) is 6.92 Å². The molecule has 0 atom stereocenters. The van der Waals surface area contributed by atoms with Crippen molar-refractivity contribution in [2.24, 2.45) is 0 Å². The van der Waals surface area contributed by atoms with Crippen molar-refractivity contribution in [3.8, 4) is 11.5 Å². The minimum absolute atomic E-state index is 0.0506. The summed E-state index contributed by atoms with van der Waals surface area (Å²) in [5.41, 5.74) is 2.66. The number of rotatable bonds is 7. The third-order valence-electron chi connectivity index (χ3n) is 4.69. The number of carbonyl (C=O) groups is 2. The second-order valence-electron chi connectivity index (χ2n) is 7.07. The largest absolute Gasteiger partial charge is 0.493 e. The van der Waals surface area contributed by atoms with Gasteiger partial charge in [0.25, 0.3) is 11.8 Å². The van der Waals surface area contributed by atoms with E-state index < -0.39 is 11.8 Å². The van der Waals surface area contributed by atoms with Gasteiger partial charge in [-0.1, -0.05) is 23.7 Å². The number of hydrogen-bond donors (Lipinski definition) is 2. The molecular weight excluding hydrogens is 508 g/mol. The van der Waals surface area contributed by atoms with E-state index in [1.165, 1.54) is 14.2 Å². The summed E-state index contributed by atoms with van der Waals surface area (Å²) in [5, 5.41) is 6.04. The van der Waals surface area contributed by atoms with Gasteiger partial charge in [-0.05, 0) is 88.6 Å². The van der Waals surface area contributed by atoms with Gasteiger partial charge in [0.05, 0.1) is 19.9 Å². The van der Waals surface area contributed by atoms with Crippen molar-refractivity contribution in [3.63, 3.8) is 0 Å².